The first-order valence-corrected chi connectivity index (χ1v) is 9.00. The van der Waals surface area contributed by atoms with Crippen LogP contribution < -0.4 is 14.2 Å². The molecule has 6 heteroatoms. The van der Waals surface area contributed by atoms with Crippen LogP contribution in [0.2, 0.25) is 0 Å². The number of para-hydroxylation sites is 1. The van der Waals surface area contributed by atoms with Gasteiger partial charge in [0.15, 0.2) is 23.1 Å². The summed E-state index contributed by atoms with van der Waals surface area (Å²) >= 11 is 0. The van der Waals surface area contributed by atoms with Crippen LogP contribution in [0.5, 0.6) is 17.2 Å². The van der Waals surface area contributed by atoms with Gasteiger partial charge in [0.1, 0.15) is 13.2 Å². The lowest BCUT2D eigenvalue weighted by atomic mass is 10.2. The zero-order valence-electron chi connectivity index (χ0n) is 16.2. The predicted octanol–water partition coefficient (Wildman–Crippen LogP) is 3.55. The minimum atomic E-state index is -0.351. The van der Waals surface area contributed by atoms with Crippen LogP contribution in [0.3, 0.4) is 0 Å². The van der Waals surface area contributed by atoms with Gasteiger partial charge < -0.3 is 18.9 Å². The SMILES string of the molecule is COCCN(CCOc1ccccc1F)CCOc1ccc(C)cc1OC. The number of benzene rings is 2. The molecule has 0 aliphatic rings. The summed E-state index contributed by atoms with van der Waals surface area (Å²) < 4.78 is 35.6. The van der Waals surface area contributed by atoms with E-state index in [1.165, 1.54) is 6.07 Å². The highest BCUT2D eigenvalue weighted by molar-refractivity contribution is 5.42. The maximum atomic E-state index is 13.6. The van der Waals surface area contributed by atoms with Crippen LogP contribution in [0.1, 0.15) is 5.56 Å². The smallest absolute Gasteiger partial charge is 0.165 e. The zero-order valence-corrected chi connectivity index (χ0v) is 16.2. The maximum Gasteiger partial charge on any atom is 0.165 e. The van der Waals surface area contributed by atoms with Crippen molar-refractivity contribution in [2.75, 3.05) is 53.7 Å². The standard InChI is InChI=1S/C21H28FNO4/c1-17-8-9-20(21(16-17)25-3)27-15-12-23(10-13-24-2)11-14-26-19-7-5-4-6-18(19)22/h4-9,16H,10-15H2,1-3H3. The highest BCUT2D eigenvalue weighted by Crippen LogP contribution is 2.27. The van der Waals surface area contributed by atoms with Crippen molar-refractivity contribution in [1.29, 1.82) is 0 Å². The molecule has 5 nitrogen and oxygen atoms in total. The fraction of sp³-hybridized carbons (Fsp3) is 0.429. The second kappa shape index (κ2) is 11.4. The molecule has 0 saturated carbocycles. The van der Waals surface area contributed by atoms with Crippen LogP contribution in [-0.2, 0) is 4.74 Å². The third-order valence-corrected chi connectivity index (χ3v) is 4.10. The van der Waals surface area contributed by atoms with Crippen molar-refractivity contribution in [3.8, 4) is 17.2 Å². The molecule has 27 heavy (non-hydrogen) atoms. The summed E-state index contributed by atoms with van der Waals surface area (Å²) in [7, 11) is 3.30. The number of rotatable bonds is 12. The Hall–Kier alpha value is -2.31. The number of nitrogens with zero attached hydrogens (tertiary/aromatic N) is 1. The molecule has 0 atom stereocenters. The lowest BCUT2D eigenvalue weighted by molar-refractivity contribution is 0.121. The van der Waals surface area contributed by atoms with Gasteiger partial charge in [0.05, 0.1) is 13.7 Å². The lowest BCUT2D eigenvalue weighted by Gasteiger charge is -2.22. The molecule has 0 N–H and O–H groups in total. The molecule has 0 aliphatic carbocycles. The Kier molecular flexibility index (Phi) is 8.87. The molecule has 0 heterocycles. The van der Waals surface area contributed by atoms with Gasteiger partial charge in [-0.3, -0.25) is 4.90 Å². The predicted molar refractivity (Wildman–Crippen MR) is 103 cm³/mol. The zero-order chi connectivity index (χ0) is 19.5. The van der Waals surface area contributed by atoms with Crippen molar-refractivity contribution in [3.63, 3.8) is 0 Å². The maximum absolute atomic E-state index is 13.6. The van der Waals surface area contributed by atoms with Crippen LogP contribution in [0.15, 0.2) is 42.5 Å². The molecule has 0 unspecified atom stereocenters. The first kappa shape index (κ1) is 21.0. The number of halogens is 1. The summed E-state index contributed by atoms with van der Waals surface area (Å²) in [6, 6.07) is 12.3. The van der Waals surface area contributed by atoms with Gasteiger partial charge >= 0.3 is 0 Å². The van der Waals surface area contributed by atoms with Gasteiger partial charge in [0, 0.05) is 26.7 Å². The van der Waals surface area contributed by atoms with Gasteiger partial charge in [-0.15, -0.1) is 0 Å². The molecule has 0 bridgehead atoms. The second-order valence-electron chi connectivity index (χ2n) is 6.12. The third kappa shape index (κ3) is 7.07. The highest BCUT2D eigenvalue weighted by Gasteiger charge is 2.09. The average Bonchev–Trinajstić information content (AvgIpc) is 2.68. The summed E-state index contributed by atoms with van der Waals surface area (Å²) in [5.74, 6) is 1.36. The van der Waals surface area contributed by atoms with E-state index in [9.17, 15) is 4.39 Å². The molecule has 0 aromatic heterocycles. The number of hydrogen-bond donors (Lipinski definition) is 0. The van der Waals surface area contributed by atoms with E-state index in [0.29, 0.717) is 32.9 Å². The van der Waals surface area contributed by atoms with Crippen molar-refractivity contribution in [3.05, 3.63) is 53.8 Å². The van der Waals surface area contributed by atoms with E-state index in [2.05, 4.69) is 4.90 Å². The van der Waals surface area contributed by atoms with Crippen molar-refractivity contribution >= 4 is 0 Å². The van der Waals surface area contributed by atoms with Gasteiger partial charge in [-0.2, -0.15) is 0 Å². The molecule has 2 rings (SSSR count). The van der Waals surface area contributed by atoms with Crippen molar-refractivity contribution in [2.45, 2.75) is 6.92 Å². The fourth-order valence-corrected chi connectivity index (χ4v) is 2.58. The normalized spacial score (nSPS) is 10.9. The third-order valence-electron chi connectivity index (χ3n) is 4.10. The average molecular weight is 377 g/mol. The largest absolute Gasteiger partial charge is 0.493 e. The summed E-state index contributed by atoms with van der Waals surface area (Å²) in [5, 5.41) is 0. The molecule has 0 aliphatic heterocycles. The Morgan fingerprint density at radius 1 is 0.815 bits per heavy atom. The Morgan fingerprint density at radius 2 is 1.48 bits per heavy atom. The van der Waals surface area contributed by atoms with Gasteiger partial charge in [0.2, 0.25) is 0 Å². The number of aryl methyl sites for hydroxylation is 1. The monoisotopic (exact) mass is 377 g/mol. The van der Waals surface area contributed by atoms with E-state index >= 15 is 0 Å². The summed E-state index contributed by atoms with van der Waals surface area (Å²) in [6.45, 7) is 5.59. The van der Waals surface area contributed by atoms with Crippen LogP contribution in [-0.4, -0.2) is 58.6 Å². The van der Waals surface area contributed by atoms with Gasteiger partial charge in [-0.25, -0.2) is 4.39 Å². The Labute approximate surface area is 160 Å². The summed E-state index contributed by atoms with van der Waals surface area (Å²) in [6.07, 6.45) is 0. The molecule has 2 aromatic rings. The van der Waals surface area contributed by atoms with Crippen LogP contribution in [0.25, 0.3) is 0 Å². The molecule has 148 valence electrons. The molecule has 2 aromatic carbocycles. The lowest BCUT2D eigenvalue weighted by Crippen LogP contribution is -2.35. The van der Waals surface area contributed by atoms with Gasteiger partial charge in [-0.05, 0) is 36.8 Å². The quantitative estimate of drug-likeness (QED) is 0.566. The van der Waals surface area contributed by atoms with Crippen molar-refractivity contribution < 1.29 is 23.3 Å². The van der Waals surface area contributed by atoms with Gasteiger partial charge in [-0.1, -0.05) is 18.2 Å². The first-order valence-electron chi connectivity index (χ1n) is 9.00. The number of ether oxygens (including phenoxy) is 4. The first-order chi connectivity index (χ1) is 13.1. The molecular formula is C21H28FNO4. The molecule has 0 spiro atoms. The fourth-order valence-electron chi connectivity index (χ4n) is 2.58. The Bertz CT molecular complexity index is 696. The topological polar surface area (TPSA) is 40.2 Å². The minimum absolute atomic E-state index is 0.268. The van der Waals surface area contributed by atoms with Crippen molar-refractivity contribution in [2.24, 2.45) is 0 Å². The Balaban J connectivity index is 1.82. The molecule has 0 amide bonds. The van der Waals surface area contributed by atoms with Gasteiger partial charge in [0.25, 0.3) is 0 Å². The molecular weight excluding hydrogens is 349 g/mol. The van der Waals surface area contributed by atoms with E-state index in [0.717, 1.165) is 23.6 Å². The van der Waals surface area contributed by atoms with Crippen LogP contribution in [0, 0.1) is 12.7 Å². The van der Waals surface area contributed by atoms with E-state index in [-0.39, 0.29) is 11.6 Å². The molecule has 0 radical (unpaired) electrons. The molecule has 0 saturated heterocycles. The minimum Gasteiger partial charge on any atom is -0.493 e. The van der Waals surface area contributed by atoms with E-state index in [1.54, 1.807) is 32.4 Å². The van der Waals surface area contributed by atoms with Crippen molar-refractivity contribution in [1.82, 2.24) is 4.90 Å². The van der Waals surface area contributed by atoms with E-state index in [1.807, 2.05) is 25.1 Å². The Morgan fingerprint density at radius 3 is 2.15 bits per heavy atom. The van der Waals surface area contributed by atoms with E-state index < -0.39 is 0 Å². The second-order valence-corrected chi connectivity index (χ2v) is 6.12. The number of methoxy groups -OCH3 is 2. The number of hydrogen-bond acceptors (Lipinski definition) is 5. The molecule has 0 fully saturated rings. The summed E-state index contributed by atoms with van der Waals surface area (Å²) in [4.78, 5) is 2.16. The van der Waals surface area contributed by atoms with Crippen LogP contribution >= 0.6 is 0 Å². The van der Waals surface area contributed by atoms with E-state index in [4.69, 9.17) is 18.9 Å². The highest BCUT2D eigenvalue weighted by atomic mass is 19.1. The summed E-state index contributed by atoms with van der Waals surface area (Å²) in [5.41, 5.74) is 1.12. The van der Waals surface area contributed by atoms with Crippen LogP contribution in [0.4, 0.5) is 4.39 Å².